The molecule has 5 rings (SSSR count). The zero-order chi connectivity index (χ0) is 42.7. The van der Waals surface area contributed by atoms with Crippen molar-refractivity contribution in [3.63, 3.8) is 0 Å². The highest BCUT2D eigenvalue weighted by Gasteiger charge is 2.53. The number of hydrogen-bond acceptors (Lipinski definition) is 18. The molecular weight excluding hydrogens is 773 g/mol. The van der Waals surface area contributed by atoms with Gasteiger partial charge >= 0.3 is 5.97 Å². The average Bonchev–Trinajstić information content (AvgIpc) is 3.62. The molecule has 3 saturated heterocycles. The molecule has 324 valence electrons. The minimum atomic E-state index is -1.82. The fraction of sp³-hybridized carbons (Fsp3) is 0.750. The molecule has 1 unspecified atom stereocenters. The molecule has 58 heavy (non-hydrogen) atoms. The summed E-state index contributed by atoms with van der Waals surface area (Å²) in [6.45, 7) is 13.3. The highest BCUT2D eigenvalue weighted by atomic mass is 32.1. The summed E-state index contributed by atoms with van der Waals surface area (Å²) < 4.78 is 36.1. The van der Waals surface area contributed by atoms with Crippen LogP contribution in [-0.2, 0) is 44.7 Å². The number of nitrogen functional groups attached to an aromatic ring is 1. The SMILES string of the molecule is CC[C@H]1OC(=O)[C@H](C)C(=O)[C@H](C)[C@@H](O[C@H]2O[C@H](C)C[C@H](N(C)C)[C@H]2O)[C@@]2(C)C[C@@H](C)[C@H](O)[C@H](C)C(OC/C(=N\OCc3ccc(-c4nc(N)ns4)cn3)CO2)[C@]1(C)O. The van der Waals surface area contributed by atoms with E-state index in [0.717, 1.165) is 5.56 Å². The number of carbonyl (C=O) groups excluding carboxylic acids is 2. The molecule has 18 heteroatoms. The molecule has 0 spiro atoms. The van der Waals surface area contributed by atoms with Gasteiger partial charge in [0.05, 0.1) is 48.9 Å². The summed E-state index contributed by atoms with van der Waals surface area (Å²) in [5.74, 6) is -4.61. The van der Waals surface area contributed by atoms with Crippen molar-refractivity contribution in [1.82, 2.24) is 19.2 Å². The first-order chi connectivity index (χ1) is 27.3. The van der Waals surface area contributed by atoms with Crippen LogP contribution in [0.1, 0.15) is 80.3 Å². The lowest BCUT2D eigenvalue weighted by Gasteiger charge is -2.48. The number of likely N-dealkylation sites (N-methyl/N-ethyl adjacent to an activating group) is 1. The second-order valence-corrected chi connectivity index (χ2v) is 17.6. The van der Waals surface area contributed by atoms with Gasteiger partial charge in [0.15, 0.2) is 18.7 Å². The summed E-state index contributed by atoms with van der Waals surface area (Å²) in [5, 5.41) is 40.9. The van der Waals surface area contributed by atoms with Gasteiger partial charge in [-0.1, -0.05) is 32.9 Å². The molecule has 0 amide bonds. The number of cyclic esters (lactones) is 1. The zero-order valence-corrected chi connectivity index (χ0v) is 36.0. The third kappa shape index (κ3) is 10.2. The molecule has 3 fully saturated rings. The van der Waals surface area contributed by atoms with E-state index >= 15 is 0 Å². The largest absolute Gasteiger partial charge is 0.459 e. The molecule has 2 bridgehead atoms. The van der Waals surface area contributed by atoms with E-state index < -0.39 is 83.4 Å². The van der Waals surface area contributed by atoms with E-state index in [0.29, 0.717) is 17.1 Å². The lowest BCUT2D eigenvalue weighted by atomic mass is 9.73. The van der Waals surface area contributed by atoms with Crippen molar-refractivity contribution in [2.75, 3.05) is 33.0 Å². The Morgan fingerprint density at radius 2 is 1.81 bits per heavy atom. The van der Waals surface area contributed by atoms with E-state index in [2.05, 4.69) is 19.5 Å². The maximum absolute atomic E-state index is 14.4. The van der Waals surface area contributed by atoms with Gasteiger partial charge in [-0.05, 0) is 90.6 Å². The number of aliphatic hydroxyl groups excluding tert-OH is 2. The lowest BCUT2D eigenvalue weighted by Crippen LogP contribution is -2.60. The Hall–Kier alpha value is -3.20. The maximum atomic E-state index is 14.4. The van der Waals surface area contributed by atoms with Crippen molar-refractivity contribution in [1.29, 1.82) is 0 Å². The second kappa shape index (κ2) is 19.0. The maximum Gasteiger partial charge on any atom is 0.316 e. The van der Waals surface area contributed by atoms with Gasteiger partial charge in [-0.25, -0.2) is 0 Å². The first-order valence-corrected chi connectivity index (χ1v) is 20.8. The summed E-state index contributed by atoms with van der Waals surface area (Å²) in [7, 11) is 3.73. The lowest BCUT2D eigenvalue weighted by molar-refractivity contribution is -0.297. The number of anilines is 1. The number of ether oxygens (including phenoxy) is 5. The average molecular weight is 835 g/mol. The molecular formula is C40H62N6O11S. The van der Waals surface area contributed by atoms with E-state index in [-0.39, 0.29) is 56.5 Å². The molecule has 2 aromatic rings. The molecule has 5 N–H and O–H groups in total. The summed E-state index contributed by atoms with van der Waals surface area (Å²) in [6, 6.07) is 3.28. The van der Waals surface area contributed by atoms with E-state index in [4.69, 9.17) is 34.3 Å². The molecule has 3 aliphatic rings. The van der Waals surface area contributed by atoms with Gasteiger partial charge in [0, 0.05) is 29.6 Å². The number of aromatic nitrogens is 3. The Balaban J connectivity index is 1.56. The molecule has 0 aliphatic carbocycles. The Kier molecular flexibility index (Phi) is 15.0. The number of nitrogens with two attached hydrogens (primary N) is 1. The van der Waals surface area contributed by atoms with Gasteiger partial charge in [0.25, 0.3) is 0 Å². The normalized spacial score (nSPS) is 39.1. The quantitative estimate of drug-likeness (QED) is 0.170. The van der Waals surface area contributed by atoms with Crippen LogP contribution in [0.3, 0.4) is 0 Å². The van der Waals surface area contributed by atoms with Crippen LogP contribution >= 0.6 is 11.5 Å². The molecule has 14 atom stereocenters. The van der Waals surface area contributed by atoms with Crippen molar-refractivity contribution in [2.24, 2.45) is 28.8 Å². The molecule has 3 aliphatic heterocycles. The molecule has 5 heterocycles. The molecule has 0 radical (unpaired) electrons. The Morgan fingerprint density at radius 1 is 1.09 bits per heavy atom. The van der Waals surface area contributed by atoms with Gasteiger partial charge in [-0.3, -0.25) is 14.6 Å². The third-order valence-corrected chi connectivity index (χ3v) is 12.7. The monoisotopic (exact) mass is 834 g/mol. The van der Waals surface area contributed by atoms with Crippen LogP contribution in [0, 0.1) is 23.7 Å². The minimum Gasteiger partial charge on any atom is -0.459 e. The van der Waals surface area contributed by atoms with Crippen molar-refractivity contribution in [3.05, 3.63) is 24.0 Å². The van der Waals surface area contributed by atoms with Gasteiger partial charge in [0.2, 0.25) is 5.95 Å². The molecule has 0 aromatic carbocycles. The van der Waals surface area contributed by atoms with Crippen LogP contribution in [-0.4, -0.2) is 139 Å². The van der Waals surface area contributed by atoms with E-state index in [1.165, 1.54) is 25.4 Å². The summed E-state index contributed by atoms with van der Waals surface area (Å²) in [5.41, 5.74) is 4.08. The van der Waals surface area contributed by atoms with E-state index in [1.54, 1.807) is 40.0 Å². The number of nitrogens with zero attached hydrogens (tertiary/aromatic N) is 5. The van der Waals surface area contributed by atoms with Crippen molar-refractivity contribution < 1.29 is 53.4 Å². The summed E-state index contributed by atoms with van der Waals surface area (Å²) >= 11 is 1.17. The molecule has 0 saturated carbocycles. The van der Waals surface area contributed by atoms with Crippen LogP contribution in [0.4, 0.5) is 5.95 Å². The number of oxime groups is 1. The van der Waals surface area contributed by atoms with Crippen molar-refractivity contribution in [2.45, 2.75) is 141 Å². The van der Waals surface area contributed by atoms with Gasteiger partial charge in [0.1, 0.15) is 34.4 Å². The van der Waals surface area contributed by atoms with Gasteiger partial charge in [-0.15, -0.1) is 0 Å². The molecule has 2 aromatic heterocycles. The number of esters is 1. The minimum absolute atomic E-state index is 0.0161. The first-order valence-electron chi connectivity index (χ1n) is 20.0. The Morgan fingerprint density at radius 3 is 2.43 bits per heavy atom. The van der Waals surface area contributed by atoms with Crippen LogP contribution in [0.15, 0.2) is 23.5 Å². The third-order valence-electron chi connectivity index (χ3n) is 11.9. The van der Waals surface area contributed by atoms with Crippen LogP contribution in [0.2, 0.25) is 0 Å². The van der Waals surface area contributed by atoms with Crippen LogP contribution < -0.4 is 5.73 Å². The standard InChI is InChI=1S/C40H62N6O11S/c1-11-29-40(8,51)34-22(4)30(47)20(2)15-39(7,53-18-27(17-52-34)44-54-19-26-13-12-25(16-42-26)35-43-38(41)45-58-35)33(23(5)31(48)24(6)36(50)56-29)57-37-32(49)28(46(9)10)14-21(3)55-37/h12-13,16,20-24,28-30,32-34,37,47,49,51H,11,14-15,17-19H2,1-10H3,(H2,41,45)/b44-27+/t20-,21-,22+,23+,24-,28+,29-,30+,32-,33-,34?,37-,39-,40-/m1/s1. The zero-order valence-electron chi connectivity index (χ0n) is 35.2. The summed E-state index contributed by atoms with van der Waals surface area (Å²) in [4.78, 5) is 44.5. The number of Topliss-reactive ketones (excluding diaryl/α,β-unsaturated/α-hetero) is 1. The number of fused-ring (bicyclic) bond motifs is 5. The van der Waals surface area contributed by atoms with Gasteiger partial charge < -0.3 is 54.5 Å². The number of rotatable bonds is 8. The van der Waals surface area contributed by atoms with Crippen LogP contribution in [0.25, 0.3) is 10.6 Å². The predicted molar refractivity (Wildman–Crippen MR) is 214 cm³/mol. The Labute approximate surface area is 344 Å². The smallest absolute Gasteiger partial charge is 0.316 e. The number of ketones is 1. The van der Waals surface area contributed by atoms with E-state index in [1.807, 2.05) is 38.9 Å². The Bertz CT molecular complexity index is 1730. The highest BCUT2D eigenvalue weighted by molar-refractivity contribution is 7.09. The van der Waals surface area contributed by atoms with Gasteiger partial charge in [-0.2, -0.15) is 9.36 Å². The number of aliphatic hydroxyl groups is 3. The first kappa shape index (κ1) is 45.9. The number of carbonyl (C=O) groups is 2. The number of hydrogen-bond donors (Lipinski definition) is 4. The van der Waals surface area contributed by atoms with Crippen molar-refractivity contribution in [3.8, 4) is 10.6 Å². The second-order valence-electron chi connectivity index (χ2n) is 16.9. The fourth-order valence-electron chi connectivity index (χ4n) is 8.56. The number of pyridine rings is 1. The topological polar surface area (TPSA) is 230 Å². The van der Waals surface area contributed by atoms with Crippen LogP contribution in [0.5, 0.6) is 0 Å². The molecule has 17 nitrogen and oxygen atoms in total. The fourth-order valence-corrected chi connectivity index (χ4v) is 9.15. The summed E-state index contributed by atoms with van der Waals surface area (Å²) in [6.07, 6.45) is -4.42. The van der Waals surface area contributed by atoms with E-state index in [9.17, 15) is 24.9 Å². The van der Waals surface area contributed by atoms with Crippen molar-refractivity contribution >= 4 is 34.9 Å². The highest BCUT2D eigenvalue weighted by Crippen LogP contribution is 2.40. The predicted octanol–water partition coefficient (Wildman–Crippen LogP) is 2.99.